The van der Waals surface area contributed by atoms with E-state index in [2.05, 4.69) is 20.0 Å². The Labute approximate surface area is 64.7 Å². The Kier molecular flexibility index (Phi) is 2.20. The highest BCUT2D eigenvalue weighted by Crippen LogP contribution is 2.14. The monoisotopic (exact) mass is 154 g/mol. The van der Waals surface area contributed by atoms with Gasteiger partial charge in [-0.2, -0.15) is 0 Å². The summed E-state index contributed by atoms with van der Waals surface area (Å²) in [7, 11) is 3.58. The summed E-state index contributed by atoms with van der Waals surface area (Å²) in [4.78, 5) is 0. The summed E-state index contributed by atoms with van der Waals surface area (Å²) in [6.45, 7) is 1.86. The molecule has 0 aliphatic carbocycles. The van der Waals surface area contributed by atoms with E-state index >= 15 is 0 Å². The van der Waals surface area contributed by atoms with Gasteiger partial charge in [-0.3, -0.25) is 5.01 Å². The summed E-state index contributed by atoms with van der Waals surface area (Å²) < 4.78 is 4.66. The quantitative estimate of drug-likeness (QED) is 0.479. The molecule has 0 saturated heterocycles. The summed E-state index contributed by atoms with van der Waals surface area (Å²) in [6, 6.07) is 0. The number of hydrogen-bond acceptors (Lipinski definition) is 4. The SMILES string of the molecule is Cc1conc1N=NN(C)C. The molecule has 0 saturated carbocycles. The molecule has 0 fully saturated rings. The van der Waals surface area contributed by atoms with Gasteiger partial charge in [0.05, 0.1) is 0 Å². The Bertz CT molecular complexity index is 253. The van der Waals surface area contributed by atoms with Crippen LogP contribution in [0.1, 0.15) is 5.56 Å². The normalized spacial score (nSPS) is 10.8. The van der Waals surface area contributed by atoms with Gasteiger partial charge in [-0.15, -0.1) is 5.11 Å². The highest BCUT2D eigenvalue weighted by atomic mass is 16.5. The molecule has 0 spiro atoms. The maximum absolute atomic E-state index is 4.66. The second-order valence-corrected chi connectivity index (χ2v) is 2.36. The fourth-order valence-electron chi connectivity index (χ4n) is 0.509. The molecular formula is C6H10N4O. The molecule has 0 atom stereocenters. The van der Waals surface area contributed by atoms with Crippen LogP contribution in [0.4, 0.5) is 5.82 Å². The maximum Gasteiger partial charge on any atom is 0.221 e. The molecule has 5 heteroatoms. The topological polar surface area (TPSA) is 54.0 Å². The molecule has 5 nitrogen and oxygen atoms in total. The van der Waals surface area contributed by atoms with Crippen molar-refractivity contribution in [1.82, 2.24) is 10.2 Å². The third-order valence-corrected chi connectivity index (χ3v) is 1.04. The van der Waals surface area contributed by atoms with E-state index in [1.165, 1.54) is 6.26 Å². The van der Waals surface area contributed by atoms with Crippen LogP contribution in [0.5, 0.6) is 0 Å². The van der Waals surface area contributed by atoms with E-state index < -0.39 is 0 Å². The Hall–Kier alpha value is -1.39. The fourth-order valence-corrected chi connectivity index (χ4v) is 0.509. The van der Waals surface area contributed by atoms with Gasteiger partial charge in [0.1, 0.15) is 6.26 Å². The van der Waals surface area contributed by atoms with E-state index in [1.807, 2.05) is 6.92 Å². The van der Waals surface area contributed by atoms with Gasteiger partial charge in [-0.05, 0) is 6.92 Å². The molecule has 0 N–H and O–H groups in total. The molecule has 0 aliphatic heterocycles. The Morgan fingerprint density at radius 2 is 2.27 bits per heavy atom. The first kappa shape index (κ1) is 7.71. The van der Waals surface area contributed by atoms with Crippen molar-refractivity contribution in [1.29, 1.82) is 0 Å². The first-order chi connectivity index (χ1) is 5.20. The first-order valence-electron chi connectivity index (χ1n) is 3.20. The zero-order valence-electron chi connectivity index (χ0n) is 6.77. The smallest absolute Gasteiger partial charge is 0.221 e. The largest absolute Gasteiger partial charge is 0.362 e. The van der Waals surface area contributed by atoms with Gasteiger partial charge >= 0.3 is 0 Å². The van der Waals surface area contributed by atoms with Crippen molar-refractivity contribution in [2.45, 2.75) is 6.92 Å². The van der Waals surface area contributed by atoms with Gasteiger partial charge in [-0.1, -0.05) is 10.4 Å². The number of rotatable bonds is 2. The van der Waals surface area contributed by atoms with Gasteiger partial charge in [-0.25, -0.2) is 0 Å². The van der Waals surface area contributed by atoms with Crippen molar-refractivity contribution in [2.24, 2.45) is 10.3 Å². The predicted molar refractivity (Wildman–Crippen MR) is 39.4 cm³/mol. The van der Waals surface area contributed by atoms with Crippen molar-refractivity contribution >= 4 is 5.82 Å². The molecule has 1 heterocycles. The van der Waals surface area contributed by atoms with E-state index in [0.717, 1.165) is 5.56 Å². The van der Waals surface area contributed by atoms with Gasteiger partial charge < -0.3 is 4.52 Å². The molecule has 0 aromatic carbocycles. The molecule has 0 amide bonds. The summed E-state index contributed by atoms with van der Waals surface area (Å²) in [5.41, 5.74) is 0.885. The molecule has 0 bridgehead atoms. The molecule has 11 heavy (non-hydrogen) atoms. The van der Waals surface area contributed by atoms with E-state index in [9.17, 15) is 0 Å². The van der Waals surface area contributed by atoms with E-state index in [-0.39, 0.29) is 0 Å². The zero-order chi connectivity index (χ0) is 8.27. The average molecular weight is 154 g/mol. The van der Waals surface area contributed by atoms with E-state index in [4.69, 9.17) is 0 Å². The van der Waals surface area contributed by atoms with Crippen LogP contribution >= 0.6 is 0 Å². The summed E-state index contributed by atoms with van der Waals surface area (Å²) in [5, 5.41) is 12.8. The van der Waals surface area contributed by atoms with Crippen LogP contribution in [0, 0.1) is 6.92 Å². The minimum Gasteiger partial charge on any atom is -0.362 e. The van der Waals surface area contributed by atoms with Gasteiger partial charge in [0.15, 0.2) is 0 Å². The Balaban J connectivity index is 2.71. The molecule has 0 aliphatic rings. The molecule has 0 unspecified atom stereocenters. The zero-order valence-corrected chi connectivity index (χ0v) is 6.77. The summed E-state index contributed by atoms with van der Waals surface area (Å²) in [5.74, 6) is 0.527. The van der Waals surface area contributed by atoms with Crippen molar-refractivity contribution in [3.8, 4) is 0 Å². The number of aromatic nitrogens is 1. The number of nitrogens with zero attached hydrogens (tertiary/aromatic N) is 4. The van der Waals surface area contributed by atoms with Crippen LogP contribution in [-0.2, 0) is 0 Å². The Morgan fingerprint density at radius 3 is 2.73 bits per heavy atom. The lowest BCUT2D eigenvalue weighted by Gasteiger charge is -1.98. The van der Waals surface area contributed by atoms with Crippen LogP contribution in [0.2, 0.25) is 0 Å². The average Bonchev–Trinajstić information content (AvgIpc) is 2.31. The number of aryl methyl sites for hydroxylation is 1. The minimum absolute atomic E-state index is 0.527. The highest BCUT2D eigenvalue weighted by molar-refractivity contribution is 5.32. The van der Waals surface area contributed by atoms with Crippen molar-refractivity contribution in [2.75, 3.05) is 14.1 Å². The second-order valence-electron chi connectivity index (χ2n) is 2.36. The summed E-state index contributed by atoms with van der Waals surface area (Å²) in [6.07, 6.45) is 1.53. The lowest BCUT2D eigenvalue weighted by molar-refractivity contribution is 0.398. The van der Waals surface area contributed by atoms with Crippen LogP contribution in [0.3, 0.4) is 0 Å². The van der Waals surface area contributed by atoms with Crippen LogP contribution in [0.25, 0.3) is 0 Å². The molecule has 60 valence electrons. The van der Waals surface area contributed by atoms with Gasteiger partial charge in [0.25, 0.3) is 0 Å². The van der Waals surface area contributed by atoms with Crippen LogP contribution in [0.15, 0.2) is 21.1 Å². The van der Waals surface area contributed by atoms with Crippen molar-refractivity contribution in [3.63, 3.8) is 0 Å². The molecule has 1 rings (SSSR count). The standard InChI is InChI=1S/C6H10N4O/c1-5-4-11-8-6(5)7-9-10(2)3/h4H,1-3H3. The summed E-state index contributed by atoms with van der Waals surface area (Å²) >= 11 is 0. The van der Waals surface area contributed by atoms with Crippen LogP contribution < -0.4 is 0 Å². The molecular weight excluding hydrogens is 144 g/mol. The molecule has 0 radical (unpaired) electrons. The minimum atomic E-state index is 0.527. The van der Waals surface area contributed by atoms with Crippen LogP contribution in [-0.4, -0.2) is 24.3 Å². The van der Waals surface area contributed by atoms with E-state index in [1.54, 1.807) is 19.1 Å². The van der Waals surface area contributed by atoms with Gasteiger partial charge in [0, 0.05) is 19.7 Å². The lowest BCUT2D eigenvalue weighted by atomic mass is 10.4. The maximum atomic E-state index is 4.66. The molecule has 1 aromatic rings. The predicted octanol–water partition coefficient (Wildman–Crippen LogP) is 1.54. The first-order valence-corrected chi connectivity index (χ1v) is 3.20. The van der Waals surface area contributed by atoms with Crippen molar-refractivity contribution in [3.05, 3.63) is 11.8 Å². The Morgan fingerprint density at radius 1 is 1.55 bits per heavy atom. The third-order valence-electron chi connectivity index (χ3n) is 1.04. The lowest BCUT2D eigenvalue weighted by Crippen LogP contribution is -1.98. The fraction of sp³-hybridized carbons (Fsp3) is 0.500. The molecule has 1 aromatic heterocycles. The van der Waals surface area contributed by atoms with Gasteiger partial charge in [0.2, 0.25) is 5.82 Å². The highest BCUT2D eigenvalue weighted by Gasteiger charge is 1.99. The van der Waals surface area contributed by atoms with E-state index in [0.29, 0.717) is 5.82 Å². The van der Waals surface area contributed by atoms with Crippen molar-refractivity contribution < 1.29 is 4.52 Å². The number of hydrogen-bond donors (Lipinski definition) is 0. The second kappa shape index (κ2) is 3.14. The third kappa shape index (κ3) is 2.03.